The molecule has 0 atom stereocenters. The summed E-state index contributed by atoms with van der Waals surface area (Å²) in [5, 5.41) is 8.58. The quantitative estimate of drug-likeness (QED) is 0.647. The van der Waals surface area contributed by atoms with Crippen LogP contribution in [0.4, 0.5) is 0 Å². The molecule has 1 aromatic carbocycles. The van der Waals surface area contributed by atoms with Gasteiger partial charge in [-0.25, -0.2) is 18.2 Å². The van der Waals surface area contributed by atoms with Crippen LogP contribution in [0.5, 0.6) is 0 Å². The topological polar surface area (TPSA) is 124 Å². The van der Waals surface area contributed by atoms with Crippen LogP contribution in [0.3, 0.4) is 0 Å². The summed E-state index contributed by atoms with van der Waals surface area (Å²) in [5.74, 6) is 0. The standard InChI is InChI=1S/C9H9IN4O4S3/c1-14-8(19-9(12-14)20(11,15)16)13-21(17,18)7-4-2-6(10)3-5-7/h2-5H,1H3,(H2,11,15,16)/b13-8+. The van der Waals surface area contributed by atoms with E-state index in [-0.39, 0.29) is 9.70 Å². The molecule has 21 heavy (non-hydrogen) atoms. The van der Waals surface area contributed by atoms with Gasteiger partial charge in [-0.2, -0.15) is 8.42 Å². The first kappa shape index (κ1) is 16.5. The third kappa shape index (κ3) is 3.88. The molecular formula is C9H9IN4O4S3. The molecule has 0 radical (unpaired) electrons. The minimum Gasteiger partial charge on any atom is -0.239 e. The third-order valence-corrected chi connectivity index (χ3v) is 6.67. The molecule has 0 amide bonds. The minimum absolute atomic E-state index is 0.00784. The van der Waals surface area contributed by atoms with E-state index in [9.17, 15) is 16.8 Å². The first-order valence-corrected chi connectivity index (χ1v) is 10.1. The van der Waals surface area contributed by atoms with E-state index in [0.717, 1.165) is 8.25 Å². The van der Waals surface area contributed by atoms with Crippen LogP contribution in [0.1, 0.15) is 0 Å². The Labute approximate surface area is 138 Å². The number of sulfonamides is 2. The summed E-state index contributed by atoms with van der Waals surface area (Å²) in [5.41, 5.74) is 0. The van der Waals surface area contributed by atoms with E-state index in [1.807, 2.05) is 22.6 Å². The van der Waals surface area contributed by atoms with Crippen molar-refractivity contribution in [1.29, 1.82) is 0 Å². The van der Waals surface area contributed by atoms with Crippen molar-refractivity contribution in [3.8, 4) is 0 Å². The van der Waals surface area contributed by atoms with Gasteiger partial charge in [-0.15, -0.1) is 9.50 Å². The lowest BCUT2D eigenvalue weighted by molar-refractivity contribution is 0.589. The van der Waals surface area contributed by atoms with Gasteiger partial charge in [-0.05, 0) is 46.9 Å². The van der Waals surface area contributed by atoms with Crippen LogP contribution in [-0.4, -0.2) is 26.6 Å². The summed E-state index contributed by atoms with van der Waals surface area (Å²) in [6.45, 7) is 0. The molecule has 2 aromatic rings. The molecule has 12 heteroatoms. The van der Waals surface area contributed by atoms with Gasteiger partial charge in [0.2, 0.25) is 9.14 Å². The highest BCUT2D eigenvalue weighted by molar-refractivity contribution is 14.1. The van der Waals surface area contributed by atoms with Crippen LogP contribution in [0.25, 0.3) is 0 Å². The molecule has 8 nitrogen and oxygen atoms in total. The Morgan fingerprint density at radius 3 is 2.29 bits per heavy atom. The predicted molar refractivity (Wildman–Crippen MR) is 84.4 cm³/mol. The Morgan fingerprint density at radius 1 is 1.24 bits per heavy atom. The Kier molecular flexibility index (Phi) is 4.53. The molecular weight excluding hydrogens is 451 g/mol. The lowest BCUT2D eigenvalue weighted by atomic mass is 10.4. The van der Waals surface area contributed by atoms with Gasteiger partial charge in [0, 0.05) is 10.6 Å². The van der Waals surface area contributed by atoms with Crippen LogP contribution in [0, 0.1) is 3.57 Å². The highest BCUT2D eigenvalue weighted by Crippen LogP contribution is 2.14. The summed E-state index contributed by atoms with van der Waals surface area (Å²) in [7, 11) is -6.57. The second kappa shape index (κ2) is 5.75. The summed E-state index contributed by atoms with van der Waals surface area (Å²) in [6.07, 6.45) is 0. The number of rotatable bonds is 3. The molecule has 0 saturated heterocycles. The number of benzene rings is 1. The van der Waals surface area contributed by atoms with Crippen molar-refractivity contribution in [2.24, 2.45) is 16.6 Å². The van der Waals surface area contributed by atoms with Gasteiger partial charge >= 0.3 is 0 Å². The zero-order valence-corrected chi connectivity index (χ0v) is 15.1. The third-order valence-electron chi connectivity index (χ3n) is 2.24. The van der Waals surface area contributed by atoms with E-state index in [4.69, 9.17) is 5.14 Å². The Hall–Kier alpha value is -0.830. The normalized spacial score (nSPS) is 13.6. The molecule has 0 unspecified atom stereocenters. The van der Waals surface area contributed by atoms with Gasteiger partial charge in [-0.3, -0.25) is 0 Å². The van der Waals surface area contributed by atoms with Crippen LogP contribution in [0.15, 0.2) is 37.9 Å². The number of nitrogens with two attached hydrogens (primary N) is 1. The predicted octanol–water partition coefficient (Wildman–Crippen LogP) is 0.0232. The highest BCUT2D eigenvalue weighted by Gasteiger charge is 2.17. The molecule has 2 N–H and O–H groups in total. The maximum atomic E-state index is 12.1. The first-order chi connectivity index (χ1) is 9.59. The fourth-order valence-corrected chi connectivity index (χ4v) is 4.41. The lowest BCUT2D eigenvalue weighted by Gasteiger charge is -1.97. The second-order valence-electron chi connectivity index (χ2n) is 3.84. The Morgan fingerprint density at radius 2 is 1.81 bits per heavy atom. The summed E-state index contributed by atoms with van der Waals surface area (Å²) < 4.78 is 51.8. The number of aromatic nitrogens is 2. The fourth-order valence-electron chi connectivity index (χ4n) is 1.28. The first-order valence-electron chi connectivity index (χ1n) is 5.23. The van der Waals surface area contributed by atoms with E-state index in [1.54, 1.807) is 12.1 Å². The molecule has 0 fully saturated rings. The van der Waals surface area contributed by atoms with E-state index < -0.39 is 24.4 Å². The van der Waals surface area contributed by atoms with Gasteiger partial charge < -0.3 is 0 Å². The van der Waals surface area contributed by atoms with Gasteiger partial charge in [0.1, 0.15) is 0 Å². The fraction of sp³-hybridized carbons (Fsp3) is 0.111. The molecule has 0 saturated carbocycles. The summed E-state index contributed by atoms with van der Waals surface area (Å²) in [4.78, 5) is -0.0777. The van der Waals surface area contributed by atoms with Crippen molar-refractivity contribution in [3.05, 3.63) is 32.6 Å². The van der Waals surface area contributed by atoms with Gasteiger partial charge in [0.25, 0.3) is 20.0 Å². The lowest BCUT2D eigenvalue weighted by Crippen LogP contribution is -2.15. The van der Waals surface area contributed by atoms with Crippen molar-refractivity contribution in [2.45, 2.75) is 9.24 Å². The van der Waals surface area contributed by atoms with Crippen LogP contribution in [-0.2, 0) is 27.1 Å². The maximum absolute atomic E-state index is 12.1. The molecule has 1 aromatic heterocycles. The van der Waals surface area contributed by atoms with Crippen molar-refractivity contribution < 1.29 is 16.8 Å². The molecule has 0 aliphatic carbocycles. The van der Waals surface area contributed by atoms with Gasteiger partial charge in [-0.1, -0.05) is 11.3 Å². The highest BCUT2D eigenvalue weighted by atomic mass is 127. The average Bonchev–Trinajstić information content (AvgIpc) is 2.71. The van der Waals surface area contributed by atoms with E-state index >= 15 is 0 Å². The van der Waals surface area contributed by atoms with E-state index in [0.29, 0.717) is 11.3 Å². The van der Waals surface area contributed by atoms with E-state index in [1.165, 1.54) is 19.2 Å². The van der Waals surface area contributed by atoms with Gasteiger partial charge in [0.05, 0.1) is 4.90 Å². The molecule has 0 spiro atoms. The van der Waals surface area contributed by atoms with Gasteiger partial charge in [0.15, 0.2) is 0 Å². The van der Waals surface area contributed by atoms with Crippen LogP contribution in [0.2, 0.25) is 0 Å². The number of hydrogen-bond acceptors (Lipinski definition) is 6. The molecule has 0 bridgehead atoms. The molecule has 2 rings (SSSR count). The minimum atomic E-state index is -4.00. The van der Waals surface area contributed by atoms with Crippen LogP contribution < -0.4 is 9.94 Å². The number of primary sulfonamides is 1. The summed E-state index contributed by atoms with van der Waals surface area (Å²) >= 11 is 2.63. The number of hydrogen-bond donors (Lipinski definition) is 1. The maximum Gasteiger partial charge on any atom is 0.285 e. The Bertz CT molecular complexity index is 942. The SMILES string of the molecule is Cn1nc(S(N)(=O)=O)s/c1=N/S(=O)(=O)c1ccc(I)cc1. The average molecular weight is 460 g/mol. The monoisotopic (exact) mass is 460 g/mol. The summed E-state index contributed by atoms with van der Waals surface area (Å²) in [6, 6.07) is 6.10. The zero-order valence-electron chi connectivity index (χ0n) is 10.5. The zero-order chi connectivity index (χ0) is 15.8. The Balaban J connectivity index is 2.58. The largest absolute Gasteiger partial charge is 0.285 e. The van der Waals surface area contributed by atoms with Crippen LogP contribution >= 0.6 is 33.9 Å². The number of halogens is 1. The molecule has 1 heterocycles. The molecule has 0 aliphatic rings. The second-order valence-corrected chi connectivity index (χ2v) is 9.38. The molecule has 0 aliphatic heterocycles. The van der Waals surface area contributed by atoms with Crippen molar-refractivity contribution in [3.63, 3.8) is 0 Å². The molecule has 114 valence electrons. The van der Waals surface area contributed by atoms with Crippen molar-refractivity contribution in [2.75, 3.05) is 0 Å². The number of aryl methyl sites for hydroxylation is 1. The van der Waals surface area contributed by atoms with E-state index in [2.05, 4.69) is 9.50 Å². The van der Waals surface area contributed by atoms with Crippen molar-refractivity contribution >= 4 is 54.0 Å². The number of nitrogens with zero attached hydrogens (tertiary/aromatic N) is 3. The van der Waals surface area contributed by atoms with Crippen molar-refractivity contribution in [1.82, 2.24) is 9.78 Å². The smallest absolute Gasteiger partial charge is 0.239 e.